The standard InChI is InChI=1S/Ca.2HNO2/c;2*2-1-3/h;2*(H,2,3). The maximum absolute atomic E-state index is 8.11. The van der Waals surface area contributed by atoms with E-state index in [1.807, 2.05) is 0 Å². The Labute approximate surface area is 68.4 Å². The Hall–Kier alpha value is 0.0597. The Balaban J connectivity index is -0.0000000400. The van der Waals surface area contributed by atoms with E-state index in [0.717, 1.165) is 0 Å². The monoisotopic (exact) mass is 134 g/mol. The quantitative estimate of drug-likeness (QED) is 0.274. The summed E-state index contributed by atoms with van der Waals surface area (Å²) in [7, 11) is 0. The minimum Gasteiger partial charge on any atom is -0.379 e. The van der Waals surface area contributed by atoms with Gasteiger partial charge in [0.1, 0.15) is 0 Å². The van der Waals surface area contributed by atoms with Gasteiger partial charge in [-0.05, 0) is 0 Å². The van der Waals surface area contributed by atoms with Gasteiger partial charge in [-0.15, -0.1) is 9.81 Å². The van der Waals surface area contributed by atoms with Gasteiger partial charge in [0.25, 0.3) is 0 Å². The van der Waals surface area contributed by atoms with Crippen molar-refractivity contribution in [2.75, 3.05) is 0 Å². The van der Waals surface area contributed by atoms with Gasteiger partial charge < -0.3 is 10.4 Å². The van der Waals surface area contributed by atoms with Crippen molar-refractivity contribution in [2.24, 2.45) is 10.7 Å². The Morgan fingerprint density at radius 2 is 1.00 bits per heavy atom. The maximum Gasteiger partial charge on any atom is 0.152 e. The molecule has 7 heteroatoms. The van der Waals surface area contributed by atoms with Crippen LogP contribution in [0.2, 0.25) is 0 Å². The molecule has 0 fully saturated rings. The van der Waals surface area contributed by atoms with E-state index in [-0.39, 0.29) is 37.7 Å². The second kappa shape index (κ2) is 36.6. The average molecular weight is 134 g/mol. The Kier molecular flexibility index (Phi) is 82.2. The summed E-state index contributed by atoms with van der Waals surface area (Å²) in [6.07, 6.45) is 0. The summed E-state index contributed by atoms with van der Waals surface area (Å²) in [6, 6.07) is 0. The van der Waals surface area contributed by atoms with Crippen LogP contribution < -0.4 is 0 Å². The van der Waals surface area contributed by atoms with Crippen LogP contribution in [0.1, 0.15) is 0 Å². The van der Waals surface area contributed by atoms with Crippen LogP contribution in [0.4, 0.5) is 0 Å². The second-order valence-corrected chi connectivity index (χ2v) is 0.163. The SMILES string of the molecule is O=NO.O=NO.[Ca]. The normalized spacial score (nSPS) is 3.43. The van der Waals surface area contributed by atoms with Crippen LogP contribution in [0.5, 0.6) is 0 Å². The number of rotatable bonds is 0. The molecule has 38 valence electrons. The van der Waals surface area contributed by atoms with Gasteiger partial charge in [0.2, 0.25) is 0 Å². The van der Waals surface area contributed by atoms with Crippen molar-refractivity contribution in [1.82, 2.24) is 0 Å². The van der Waals surface area contributed by atoms with E-state index < -0.39 is 0 Å². The summed E-state index contributed by atoms with van der Waals surface area (Å²) < 4.78 is 0. The fourth-order valence-corrected chi connectivity index (χ4v) is 0. The summed E-state index contributed by atoms with van der Waals surface area (Å²) >= 11 is 0. The van der Waals surface area contributed by atoms with Crippen molar-refractivity contribution >= 4 is 37.7 Å². The minimum atomic E-state index is 0. The molecule has 0 aromatic rings. The maximum atomic E-state index is 8.11. The molecule has 0 bridgehead atoms. The number of hydrogen-bond donors (Lipinski definition) is 2. The third kappa shape index (κ3) is 28000. The van der Waals surface area contributed by atoms with E-state index in [1.165, 1.54) is 10.7 Å². The van der Waals surface area contributed by atoms with Crippen molar-refractivity contribution in [3.8, 4) is 0 Å². The van der Waals surface area contributed by atoms with Crippen molar-refractivity contribution in [1.29, 1.82) is 0 Å². The average Bonchev–Trinajstić information content (AvgIpc) is 1.39. The third-order valence-electron chi connectivity index (χ3n) is 0. The van der Waals surface area contributed by atoms with E-state index in [9.17, 15) is 0 Å². The summed E-state index contributed by atoms with van der Waals surface area (Å²) in [4.78, 5) is 16.2. The first-order valence-corrected chi connectivity index (χ1v) is 0.765. The molecule has 0 heterocycles. The zero-order chi connectivity index (χ0) is 5.41. The van der Waals surface area contributed by atoms with E-state index in [0.29, 0.717) is 0 Å². The molecule has 0 unspecified atom stereocenters. The van der Waals surface area contributed by atoms with Crippen molar-refractivity contribution in [2.45, 2.75) is 0 Å². The van der Waals surface area contributed by atoms with Gasteiger partial charge in [-0.1, -0.05) is 0 Å². The first kappa shape index (κ1) is 15.7. The summed E-state index contributed by atoms with van der Waals surface area (Å²) in [5, 5.41) is 15.8. The van der Waals surface area contributed by atoms with Crippen molar-refractivity contribution < 1.29 is 10.4 Å². The summed E-state index contributed by atoms with van der Waals surface area (Å²) in [6.45, 7) is 0. The smallest absolute Gasteiger partial charge is 0.152 e. The first-order valence-electron chi connectivity index (χ1n) is 0.765. The summed E-state index contributed by atoms with van der Waals surface area (Å²) in [5.41, 5.74) is 0. The predicted molar refractivity (Wildman–Crippen MR) is 20.9 cm³/mol. The zero-order valence-electron chi connectivity index (χ0n) is 3.31. The van der Waals surface area contributed by atoms with Gasteiger partial charge in [0.05, 0.1) is 0 Å². The molecule has 0 atom stereocenters. The molecule has 0 aromatic heterocycles. The fourth-order valence-electron chi connectivity index (χ4n) is 0. The van der Waals surface area contributed by atoms with Gasteiger partial charge in [0.15, 0.2) is 10.7 Å². The van der Waals surface area contributed by atoms with Crippen molar-refractivity contribution in [3.63, 3.8) is 0 Å². The molecule has 0 aliphatic heterocycles. The van der Waals surface area contributed by atoms with Gasteiger partial charge >= 0.3 is 0 Å². The van der Waals surface area contributed by atoms with E-state index >= 15 is 0 Å². The second-order valence-electron chi connectivity index (χ2n) is 0.163. The van der Waals surface area contributed by atoms with Crippen LogP contribution in [-0.4, -0.2) is 48.2 Å². The van der Waals surface area contributed by atoms with E-state index in [1.54, 1.807) is 0 Å². The Morgan fingerprint density at radius 1 is 1.00 bits per heavy atom. The molecule has 6 nitrogen and oxygen atoms in total. The molecule has 7 heavy (non-hydrogen) atoms. The van der Waals surface area contributed by atoms with Crippen LogP contribution in [0.3, 0.4) is 0 Å². The molecule has 0 aromatic carbocycles. The molecule has 0 aliphatic carbocycles. The predicted octanol–water partition coefficient (Wildman–Crippen LogP) is -0.0968. The first-order chi connectivity index (χ1) is 2.83. The van der Waals surface area contributed by atoms with Crippen molar-refractivity contribution in [3.05, 3.63) is 9.81 Å². The van der Waals surface area contributed by atoms with Crippen LogP contribution >= 0.6 is 0 Å². The fraction of sp³-hybridized carbons (Fsp3) is 0. The van der Waals surface area contributed by atoms with E-state index in [4.69, 9.17) is 20.2 Å². The molecule has 2 N–H and O–H groups in total. The van der Waals surface area contributed by atoms with Gasteiger partial charge in [0, 0.05) is 37.7 Å². The molecule has 0 spiro atoms. The van der Waals surface area contributed by atoms with E-state index in [2.05, 4.69) is 0 Å². The van der Waals surface area contributed by atoms with Crippen LogP contribution in [-0.2, 0) is 0 Å². The van der Waals surface area contributed by atoms with Crippen LogP contribution in [0.25, 0.3) is 0 Å². The van der Waals surface area contributed by atoms with Gasteiger partial charge in [-0.25, -0.2) is 0 Å². The van der Waals surface area contributed by atoms with Gasteiger partial charge in [-0.2, -0.15) is 0 Å². The molecule has 0 saturated heterocycles. The molecule has 0 aliphatic rings. The molecule has 0 saturated carbocycles. The Bertz CT molecular complexity index is 30.7. The molecular weight excluding hydrogens is 132 g/mol. The molecule has 0 amide bonds. The minimum absolute atomic E-state index is 0. The Morgan fingerprint density at radius 3 is 1.00 bits per heavy atom. The molecule has 2 radical (unpaired) electrons. The molecular formula is H2CaN2O4. The van der Waals surface area contributed by atoms with Crippen LogP contribution in [0, 0.1) is 9.81 Å². The topological polar surface area (TPSA) is 99.3 Å². The largest absolute Gasteiger partial charge is 0.379 e. The number of nitrogens with zero attached hydrogens (tertiary/aromatic N) is 2. The third-order valence-corrected chi connectivity index (χ3v) is 0. The molecule has 0 rings (SSSR count). The van der Waals surface area contributed by atoms with Gasteiger partial charge in [-0.3, -0.25) is 0 Å². The van der Waals surface area contributed by atoms with Crippen LogP contribution in [0.15, 0.2) is 10.7 Å². The number of hydrogen-bond acceptors (Lipinski definition) is 4. The summed E-state index contributed by atoms with van der Waals surface area (Å²) in [5.74, 6) is 0. The zero-order valence-corrected chi connectivity index (χ0v) is 5.52.